The fourth-order valence-electron chi connectivity index (χ4n) is 1.45. The molecule has 0 saturated carbocycles. The van der Waals surface area contributed by atoms with Gasteiger partial charge in [0.25, 0.3) is 0 Å². The molecule has 0 saturated heterocycles. The number of methoxy groups -OCH3 is 1. The van der Waals surface area contributed by atoms with Gasteiger partial charge >= 0.3 is 0 Å². The third-order valence-electron chi connectivity index (χ3n) is 2.33. The van der Waals surface area contributed by atoms with Gasteiger partial charge in [0.15, 0.2) is 0 Å². The Morgan fingerprint density at radius 2 is 1.94 bits per heavy atom. The summed E-state index contributed by atoms with van der Waals surface area (Å²) in [7, 11) is 1.61. The smallest absolute Gasteiger partial charge is 0.141 e. The van der Waals surface area contributed by atoms with Gasteiger partial charge < -0.3 is 9.47 Å². The lowest BCUT2D eigenvalue weighted by Gasteiger charge is -2.09. The molecule has 2 aromatic carbocycles. The van der Waals surface area contributed by atoms with Gasteiger partial charge in [-0.05, 0) is 52.3 Å². The van der Waals surface area contributed by atoms with Gasteiger partial charge in [-0.15, -0.1) is 0 Å². The minimum Gasteiger partial charge on any atom is -0.497 e. The summed E-state index contributed by atoms with van der Waals surface area (Å²) in [5.41, 5.74) is 0.567. The van der Waals surface area contributed by atoms with Gasteiger partial charge in [-0.25, -0.2) is 0 Å². The molecule has 0 aliphatic heterocycles. The molecule has 0 amide bonds. The highest BCUT2D eigenvalue weighted by Crippen LogP contribution is 2.32. The van der Waals surface area contributed by atoms with E-state index in [1.165, 1.54) is 0 Å². The number of ether oxygens (including phenoxy) is 2. The first-order valence-electron chi connectivity index (χ1n) is 5.24. The summed E-state index contributed by atoms with van der Waals surface area (Å²) in [4.78, 5) is 0. The topological polar surface area (TPSA) is 42.2 Å². The van der Waals surface area contributed by atoms with Crippen LogP contribution in [0, 0.1) is 11.3 Å². The van der Waals surface area contributed by atoms with E-state index in [-0.39, 0.29) is 0 Å². The molecular formula is C14H10BrNO2. The molecule has 0 atom stereocenters. The lowest BCUT2D eigenvalue weighted by molar-refractivity contribution is 0.412. The van der Waals surface area contributed by atoms with E-state index in [1.54, 1.807) is 31.4 Å². The van der Waals surface area contributed by atoms with Crippen LogP contribution in [0.3, 0.4) is 0 Å². The maximum atomic E-state index is 8.82. The zero-order valence-electron chi connectivity index (χ0n) is 9.68. The van der Waals surface area contributed by atoms with E-state index in [9.17, 15) is 0 Å². The van der Waals surface area contributed by atoms with Gasteiger partial charge in [0, 0.05) is 0 Å². The van der Waals surface area contributed by atoms with E-state index in [2.05, 4.69) is 22.0 Å². The van der Waals surface area contributed by atoms with Gasteiger partial charge in [0.2, 0.25) is 0 Å². The molecule has 0 N–H and O–H groups in total. The van der Waals surface area contributed by atoms with E-state index in [1.807, 2.05) is 18.2 Å². The second-order valence-corrected chi connectivity index (χ2v) is 4.39. The SMILES string of the molecule is COc1ccc(Oc2cccc(C#N)c2)c(Br)c1. The third-order valence-corrected chi connectivity index (χ3v) is 2.95. The summed E-state index contributed by atoms with van der Waals surface area (Å²) >= 11 is 3.41. The number of nitrogens with zero attached hydrogens (tertiary/aromatic N) is 1. The third kappa shape index (κ3) is 2.82. The van der Waals surface area contributed by atoms with Crippen LogP contribution in [0.15, 0.2) is 46.9 Å². The van der Waals surface area contributed by atoms with Crippen LogP contribution in [0.4, 0.5) is 0 Å². The summed E-state index contributed by atoms with van der Waals surface area (Å²) in [6, 6.07) is 14.5. The van der Waals surface area contributed by atoms with Crippen molar-refractivity contribution >= 4 is 15.9 Å². The Kier molecular flexibility index (Phi) is 3.85. The first-order valence-corrected chi connectivity index (χ1v) is 6.04. The van der Waals surface area contributed by atoms with E-state index in [0.29, 0.717) is 17.1 Å². The summed E-state index contributed by atoms with van der Waals surface area (Å²) in [6.45, 7) is 0. The molecule has 0 heterocycles. The first kappa shape index (κ1) is 12.5. The standard InChI is InChI=1S/C14H10BrNO2/c1-17-11-5-6-14(13(15)8-11)18-12-4-2-3-10(7-12)9-16/h2-8H,1H3. The van der Waals surface area contributed by atoms with Crippen LogP contribution in [0.25, 0.3) is 0 Å². The molecule has 0 aliphatic rings. The maximum absolute atomic E-state index is 8.82. The molecule has 2 aromatic rings. The highest BCUT2D eigenvalue weighted by Gasteiger charge is 2.05. The number of hydrogen-bond acceptors (Lipinski definition) is 3. The molecule has 0 aromatic heterocycles. The van der Waals surface area contributed by atoms with Crippen LogP contribution in [0.5, 0.6) is 17.2 Å². The van der Waals surface area contributed by atoms with E-state index in [0.717, 1.165) is 10.2 Å². The quantitative estimate of drug-likeness (QED) is 0.856. The minimum atomic E-state index is 0.567. The molecule has 0 radical (unpaired) electrons. The Hall–Kier alpha value is -1.99. The molecule has 2 rings (SSSR count). The van der Waals surface area contributed by atoms with Gasteiger partial charge in [-0.1, -0.05) is 6.07 Å². The summed E-state index contributed by atoms with van der Waals surface area (Å²) < 4.78 is 11.6. The molecule has 0 bridgehead atoms. The molecule has 0 fully saturated rings. The summed E-state index contributed by atoms with van der Waals surface area (Å²) in [5, 5.41) is 8.82. The summed E-state index contributed by atoms with van der Waals surface area (Å²) in [5.74, 6) is 2.05. The van der Waals surface area contributed by atoms with Crippen LogP contribution in [0.2, 0.25) is 0 Å². The van der Waals surface area contributed by atoms with Crippen LogP contribution in [-0.2, 0) is 0 Å². The minimum absolute atomic E-state index is 0.567. The highest BCUT2D eigenvalue weighted by atomic mass is 79.9. The van der Waals surface area contributed by atoms with Crippen molar-refractivity contribution in [3.05, 3.63) is 52.5 Å². The Labute approximate surface area is 114 Å². The van der Waals surface area contributed by atoms with Crippen molar-refractivity contribution in [3.8, 4) is 23.3 Å². The fraction of sp³-hybridized carbons (Fsp3) is 0.0714. The van der Waals surface area contributed by atoms with Crippen LogP contribution in [0.1, 0.15) is 5.56 Å². The van der Waals surface area contributed by atoms with E-state index >= 15 is 0 Å². The van der Waals surface area contributed by atoms with Gasteiger partial charge in [-0.3, -0.25) is 0 Å². The molecule has 0 unspecified atom stereocenters. The number of rotatable bonds is 3. The summed E-state index contributed by atoms with van der Waals surface area (Å²) in [6.07, 6.45) is 0. The highest BCUT2D eigenvalue weighted by molar-refractivity contribution is 9.10. The molecule has 4 heteroatoms. The Balaban J connectivity index is 2.26. The second-order valence-electron chi connectivity index (χ2n) is 3.54. The van der Waals surface area contributed by atoms with Crippen LogP contribution in [-0.4, -0.2) is 7.11 Å². The maximum Gasteiger partial charge on any atom is 0.141 e. The average molecular weight is 304 g/mol. The van der Waals surface area contributed by atoms with E-state index in [4.69, 9.17) is 14.7 Å². The second kappa shape index (κ2) is 5.56. The van der Waals surface area contributed by atoms with Gasteiger partial charge in [0.05, 0.1) is 23.2 Å². The Bertz CT molecular complexity index is 605. The van der Waals surface area contributed by atoms with Crippen molar-refractivity contribution in [2.24, 2.45) is 0 Å². The Morgan fingerprint density at radius 1 is 1.11 bits per heavy atom. The Morgan fingerprint density at radius 3 is 2.61 bits per heavy atom. The lowest BCUT2D eigenvalue weighted by atomic mass is 10.2. The number of halogens is 1. The molecule has 0 aliphatic carbocycles. The first-order chi connectivity index (χ1) is 8.72. The zero-order chi connectivity index (χ0) is 13.0. The number of hydrogen-bond donors (Lipinski definition) is 0. The van der Waals surface area contributed by atoms with Crippen molar-refractivity contribution in [2.75, 3.05) is 7.11 Å². The van der Waals surface area contributed by atoms with Crippen LogP contribution < -0.4 is 9.47 Å². The number of benzene rings is 2. The van der Waals surface area contributed by atoms with Crippen molar-refractivity contribution in [3.63, 3.8) is 0 Å². The number of nitriles is 1. The van der Waals surface area contributed by atoms with Gasteiger partial charge in [0.1, 0.15) is 17.2 Å². The van der Waals surface area contributed by atoms with Crippen LogP contribution >= 0.6 is 15.9 Å². The molecule has 90 valence electrons. The zero-order valence-corrected chi connectivity index (χ0v) is 11.3. The van der Waals surface area contributed by atoms with Gasteiger partial charge in [-0.2, -0.15) is 5.26 Å². The fourth-order valence-corrected chi connectivity index (χ4v) is 1.89. The largest absolute Gasteiger partial charge is 0.497 e. The molecular weight excluding hydrogens is 294 g/mol. The average Bonchev–Trinajstić information content (AvgIpc) is 2.41. The van der Waals surface area contributed by atoms with E-state index < -0.39 is 0 Å². The van der Waals surface area contributed by atoms with Crippen molar-refractivity contribution in [1.29, 1.82) is 5.26 Å². The lowest BCUT2D eigenvalue weighted by Crippen LogP contribution is -1.88. The van der Waals surface area contributed by atoms with Crippen molar-refractivity contribution in [1.82, 2.24) is 0 Å². The monoisotopic (exact) mass is 303 g/mol. The normalized spacial score (nSPS) is 9.61. The van der Waals surface area contributed by atoms with Crippen molar-refractivity contribution < 1.29 is 9.47 Å². The molecule has 0 spiro atoms. The predicted octanol–water partition coefficient (Wildman–Crippen LogP) is 4.12. The molecule has 18 heavy (non-hydrogen) atoms. The van der Waals surface area contributed by atoms with Crippen molar-refractivity contribution in [2.45, 2.75) is 0 Å². The predicted molar refractivity (Wildman–Crippen MR) is 71.9 cm³/mol. The molecule has 3 nitrogen and oxygen atoms in total.